The summed E-state index contributed by atoms with van der Waals surface area (Å²) in [7, 11) is 0. The predicted octanol–water partition coefficient (Wildman–Crippen LogP) is 4.46. The number of alkyl halides is 3. The molecule has 2 heterocycles. The zero-order valence-electron chi connectivity index (χ0n) is 15.3. The molecule has 1 unspecified atom stereocenters. The molecule has 1 saturated heterocycles. The second kappa shape index (κ2) is 7.05. The summed E-state index contributed by atoms with van der Waals surface area (Å²) in [6.07, 6.45) is -1.59. The van der Waals surface area contributed by atoms with Crippen molar-refractivity contribution in [1.82, 2.24) is 4.98 Å². The third-order valence-corrected chi connectivity index (χ3v) is 4.90. The molecule has 1 aliphatic rings. The Bertz CT molecular complexity index is 1240. The van der Waals surface area contributed by atoms with Crippen molar-refractivity contribution in [1.29, 1.82) is 10.5 Å². The van der Waals surface area contributed by atoms with Crippen LogP contribution in [0, 0.1) is 22.7 Å². The van der Waals surface area contributed by atoms with Crippen LogP contribution >= 0.6 is 0 Å². The minimum Gasteiger partial charge on any atom is -0.289 e. The summed E-state index contributed by atoms with van der Waals surface area (Å²) < 4.78 is 39.6. The fourth-order valence-electron chi connectivity index (χ4n) is 3.49. The summed E-state index contributed by atoms with van der Waals surface area (Å²) in [5.74, 6) is 0. The highest BCUT2D eigenvalue weighted by molar-refractivity contribution is 6.12. The Hall–Kier alpha value is -4.11. The lowest BCUT2D eigenvalue weighted by Gasteiger charge is -2.22. The number of carbonyl (C=O) groups excluding carboxylic acids is 1. The number of hydrogen-bond donors (Lipinski definition) is 0. The molecule has 0 N–H and O–H groups in total. The van der Waals surface area contributed by atoms with Crippen LogP contribution in [-0.4, -0.2) is 23.6 Å². The van der Waals surface area contributed by atoms with Gasteiger partial charge in [0, 0.05) is 17.0 Å². The lowest BCUT2D eigenvalue weighted by molar-refractivity contribution is -0.137. The number of halogens is 3. The maximum atomic E-state index is 13.2. The Morgan fingerprint density at radius 1 is 1.07 bits per heavy atom. The van der Waals surface area contributed by atoms with Gasteiger partial charge in [-0.2, -0.15) is 23.7 Å². The van der Waals surface area contributed by atoms with Crippen molar-refractivity contribution in [2.24, 2.45) is 0 Å². The lowest BCUT2D eigenvalue weighted by Crippen LogP contribution is -2.35. The van der Waals surface area contributed by atoms with Crippen LogP contribution in [0.15, 0.2) is 54.9 Å². The molecule has 0 radical (unpaired) electrons. The molecule has 6 nitrogen and oxygen atoms in total. The number of amides is 2. The summed E-state index contributed by atoms with van der Waals surface area (Å²) in [4.78, 5) is 19.6. The van der Waals surface area contributed by atoms with Gasteiger partial charge in [0.25, 0.3) is 0 Å². The van der Waals surface area contributed by atoms with E-state index in [4.69, 9.17) is 0 Å². The Kier molecular flexibility index (Phi) is 4.52. The van der Waals surface area contributed by atoms with Gasteiger partial charge in [-0.1, -0.05) is 24.3 Å². The quantitative estimate of drug-likeness (QED) is 0.628. The molecule has 0 aliphatic carbocycles. The maximum Gasteiger partial charge on any atom is 0.416 e. The molecule has 0 saturated carbocycles. The molecule has 0 bridgehead atoms. The van der Waals surface area contributed by atoms with Crippen LogP contribution in [0.1, 0.15) is 11.1 Å². The molecule has 4 rings (SSSR count). The average molecular weight is 407 g/mol. The van der Waals surface area contributed by atoms with Gasteiger partial charge >= 0.3 is 12.2 Å². The molecule has 1 atom stereocenters. The molecule has 2 aromatic carbocycles. The third kappa shape index (κ3) is 3.07. The van der Waals surface area contributed by atoms with Gasteiger partial charge < -0.3 is 0 Å². The number of pyridine rings is 1. The highest BCUT2D eigenvalue weighted by Crippen LogP contribution is 2.37. The zero-order valence-corrected chi connectivity index (χ0v) is 15.3. The van der Waals surface area contributed by atoms with E-state index < -0.39 is 23.8 Å². The van der Waals surface area contributed by atoms with Gasteiger partial charge in [0.15, 0.2) is 0 Å². The predicted molar refractivity (Wildman–Crippen MR) is 103 cm³/mol. The van der Waals surface area contributed by atoms with Gasteiger partial charge in [-0.25, -0.2) is 4.79 Å². The topological polar surface area (TPSA) is 84.0 Å². The van der Waals surface area contributed by atoms with Crippen molar-refractivity contribution in [2.45, 2.75) is 12.2 Å². The monoisotopic (exact) mass is 407 g/mol. The number of benzene rings is 2. The van der Waals surface area contributed by atoms with E-state index in [0.717, 1.165) is 28.5 Å². The van der Waals surface area contributed by atoms with Gasteiger partial charge in [-0.05, 0) is 18.2 Å². The Morgan fingerprint density at radius 2 is 1.83 bits per heavy atom. The molecular weight excluding hydrogens is 395 g/mol. The number of anilines is 2. The van der Waals surface area contributed by atoms with E-state index in [-0.39, 0.29) is 17.8 Å². The van der Waals surface area contributed by atoms with Gasteiger partial charge in [0.2, 0.25) is 0 Å². The molecule has 0 spiro atoms. The molecule has 30 heavy (non-hydrogen) atoms. The van der Waals surface area contributed by atoms with Gasteiger partial charge in [0.05, 0.1) is 41.3 Å². The van der Waals surface area contributed by atoms with E-state index in [1.54, 1.807) is 30.5 Å². The lowest BCUT2D eigenvalue weighted by atomic mass is 10.1. The van der Waals surface area contributed by atoms with Crippen molar-refractivity contribution < 1.29 is 18.0 Å². The number of aromatic nitrogens is 1. The Morgan fingerprint density at radius 3 is 2.53 bits per heavy atom. The number of urea groups is 1. The molecule has 1 aromatic heterocycles. The fraction of sp³-hybridized carbons (Fsp3) is 0.143. The minimum absolute atomic E-state index is 0.0917. The van der Waals surface area contributed by atoms with Crippen molar-refractivity contribution in [3.63, 3.8) is 0 Å². The fourth-order valence-corrected chi connectivity index (χ4v) is 3.49. The summed E-state index contributed by atoms with van der Waals surface area (Å²) in [5, 5.41) is 20.4. The Labute approximate surface area is 169 Å². The van der Waals surface area contributed by atoms with Gasteiger partial charge in [-0.15, -0.1) is 0 Å². The van der Waals surface area contributed by atoms with E-state index in [9.17, 15) is 28.5 Å². The molecular formula is C21H12F3N5O. The van der Waals surface area contributed by atoms with Gasteiger partial charge in [-0.3, -0.25) is 14.8 Å². The van der Waals surface area contributed by atoms with Crippen molar-refractivity contribution in [3.8, 4) is 12.1 Å². The molecule has 9 heteroatoms. The summed E-state index contributed by atoms with van der Waals surface area (Å²) in [6.45, 7) is -0.186. The molecule has 3 aromatic rings. The van der Waals surface area contributed by atoms with Crippen LogP contribution in [0.2, 0.25) is 0 Å². The largest absolute Gasteiger partial charge is 0.416 e. The normalized spacial score (nSPS) is 16.6. The second-order valence-corrected chi connectivity index (χ2v) is 6.63. The second-order valence-electron chi connectivity index (χ2n) is 6.63. The Balaban J connectivity index is 1.84. The maximum absolute atomic E-state index is 13.2. The number of carbonyl (C=O) groups is 1. The van der Waals surface area contributed by atoms with Crippen LogP contribution in [0.25, 0.3) is 10.8 Å². The van der Waals surface area contributed by atoms with Crippen LogP contribution in [-0.2, 0) is 6.18 Å². The molecule has 1 aliphatic heterocycles. The van der Waals surface area contributed by atoms with Crippen LogP contribution in [0.4, 0.5) is 29.3 Å². The van der Waals surface area contributed by atoms with E-state index in [1.165, 1.54) is 11.1 Å². The first kappa shape index (κ1) is 19.2. The molecule has 1 fully saturated rings. The van der Waals surface area contributed by atoms with Crippen LogP contribution in [0.3, 0.4) is 0 Å². The number of nitrogens with zero attached hydrogens (tertiary/aromatic N) is 5. The van der Waals surface area contributed by atoms with Crippen molar-refractivity contribution >= 4 is 28.2 Å². The summed E-state index contributed by atoms with van der Waals surface area (Å²) in [6, 6.07) is 11.9. The number of nitriles is 2. The third-order valence-electron chi connectivity index (χ3n) is 4.90. The van der Waals surface area contributed by atoms with Crippen molar-refractivity contribution in [3.05, 3.63) is 66.0 Å². The average Bonchev–Trinajstić information content (AvgIpc) is 3.08. The smallest absolute Gasteiger partial charge is 0.289 e. The number of fused-ring (bicyclic) bond motifs is 1. The summed E-state index contributed by atoms with van der Waals surface area (Å²) >= 11 is 0. The first-order valence-electron chi connectivity index (χ1n) is 8.79. The van der Waals surface area contributed by atoms with Gasteiger partial charge in [0.1, 0.15) is 12.1 Å². The SMILES string of the molecule is N#Cc1ccc(C(F)(F)F)cc1N1CC(C#N)N(c2cncc3ccccc23)C1=O. The molecule has 148 valence electrons. The number of rotatable bonds is 2. The van der Waals surface area contributed by atoms with E-state index in [0.29, 0.717) is 11.1 Å². The molecule has 2 amide bonds. The standard InChI is InChI=1S/C21H12F3N5O/c22-21(23,24)15-6-5-13(8-25)18(7-15)28-12-16(9-26)29(20(28)30)19-11-27-10-14-3-1-2-4-17(14)19/h1-7,10-11,16H,12H2. The van der Waals surface area contributed by atoms with Crippen molar-refractivity contribution in [2.75, 3.05) is 16.3 Å². The number of hydrogen-bond acceptors (Lipinski definition) is 4. The van der Waals surface area contributed by atoms with Crippen LogP contribution in [0.5, 0.6) is 0 Å². The first-order chi connectivity index (χ1) is 14.3. The highest BCUT2D eigenvalue weighted by Gasteiger charge is 2.42. The zero-order chi connectivity index (χ0) is 21.5. The van der Waals surface area contributed by atoms with Crippen LogP contribution < -0.4 is 9.80 Å². The minimum atomic E-state index is -4.64. The highest BCUT2D eigenvalue weighted by atomic mass is 19.4. The van der Waals surface area contributed by atoms with E-state index in [1.807, 2.05) is 12.1 Å². The van der Waals surface area contributed by atoms with E-state index >= 15 is 0 Å². The first-order valence-corrected chi connectivity index (χ1v) is 8.79. The summed E-state index contributed by atoms with van der Waals surface area (Å²) in [5.41, 5.74) is -0.889. The van der Waals surface area contributed by atoms with E-state index in [2.05, 4.69) is 4.98 Å².